The molecule has 1 N–H and O–H groups in total. The lowest BCUT2D eigenvalue weighted by molar-refractivity contribution is 1.31. The van der Waals surface area contributed by atoms with Crippen LogP contribution in [0.15, 0.2) is 42.6 Å². The first-order chi connectivity index (χ1) is 7.78. The average molecular weight is 230 g/mol. The van der Waals surface area contributed by atoms with E-state index in [2.05, 4.69) is 16.4 Å². The largest absolute Gasteiger partial charge is 0.340 e. The van der Waals surface area contributed by atoms with Gasteiger partial charge in [0, 0.05) is 16.9 Å². The van der Waals surface area contributed by atoms with Crippen molar-refractivity contribution >= 4 is 23.1 Å². The molecule has 0 radical (unpaired) electrons. The monoisotopic (exact) mass is 229 g/mol. The summed E-state index contributed by atoms with van der Waals surface area (Å²) in [5, 5.41) is 12.4. The van der Waals surface area contributed by atoms with Gasteiger partial charge in [0.25, 0.3) is 0 Å². The summed E-state index contributed by atoms with van der Waals surface area (Å²) in [5.74, 6) is 0.678. The van der Waals surface area contributed by atoms with Crippen molar-refractivity contribution in [2.45, 2.75) is 0 Å². The van der Waals surface area contributed by atoms with Gasteiger partial charge in [0.05, 0.1) is 11.6 Å². The maximum absolute atomic E-state index is 8.65. The fraction of sp³-hybridized carbons (Fsp3) is 0. The number of nitriles is 1. The zero-order valence-electron chi connectivity index (χ0n) is 8.31. The predicted molar refractivity (Wildman–Crippen MR) is 63.7 cm³/mol. The van der Waals surface area contributed by atoms with E-state index in [9.17, 15) is 0 Å². The zero-order chi connectivity index (χ0) is 11.4. The summed E-state index contributed by atoms with van der Waals surface area (Å²) in [6.45, 7) is 0. The van der Waals surface area contributed by atoms with Crippen LogP contribution < -0.4 is 5.32 Å². The molecule has 3 nitrogen and oxygen atoms in total. The molecule has 0 bridgehead atoms. The van der Waals surface area contributed by atoms with Crippen LogP contribution in [-0.2, 0) is 0 Å². The summed E-state index contributed by atoms with van der Waals surface area (Å²) in [7, 11) is 0. The molecule has 2 aromatic rings. The molecule has 0 unspecified atom stereocenters. The third-order valence-electron chi connectivity index (χ3n) is 2.01. The van der Waals surface area contributed by atoms with Gasteiger partial charge in [-0.2, -0.15) is 5.26 Å². The van der Waals surface area contributed by atoms with Crippen LogP contribution in [0.1, 0.15) is 5.56 Å². The Labute approximate surface area is 98.3 Å². The van der Waals surface area contributed by atoms with Crippen molar-refractivity contribution in [3.8, 4) is 6.07 Å². The van der Waals surface area contributed by atoms with Gasteiger partial charge in [-0.25, -0.2) is 4.98 Å². The highest BCUT2D eigenvalue weighted by atomic mass is 35.5. The highest BCUT2D eigenvalue weighted by Gasteiger charge is 1.97. The predicted octanol–water partition coefficient (Wildman–Crippen LogP) is 3.35. The summed E-state index contributed by atoms with van der Waals surface area (Å²) in [5.41, 5.74) is 1.50. The summed E-state index contributed by atoms with van der Waals surface area (Å²) in [6, 6.07) is 12.6. The van der Waals surface area contributed by atoms with Gasteiger partial charge in [0.2, 0.25) is 0 Å². The van der Waals surface area contributed by atoms with Crippen LogP contribution >= 0.6 is 11.6 Å². The number of hydrogen-bond acceptors (Lipinski definition) is 3. The number of aromatic nitrogens is 1. The van der Waals surface area contributed by atoms with E-state index in [1.807, 2.05) is 12.1 Å². The van der Waals surface area contributed by atoms with E-state index in [4.69, 9.17) is 16.9 Å². The van der Waals surface area contributed by atoms with Crippen LogP contribution in [0.5, 0.6) is 0 Å². The molecule has 0 saturated carbocycles. The molecular formula is C12H8ClN3. The van der Waals surface area contributed by atoms with Gasteiger partial charge in [-0.1, -0.05) is 11.6 Å². The first kappa shape index (κ1) is 10.5. The summed E-state index contributed by atoms with van der Waals surface area (Å²) < 4.78 is 0. The Kier molecular flexibility index (Phi) is 3.04. The van der Waals surface area contributed by atoms with E-state index >= 15 is 0 Å². The van der Waals surface area contributed by atoms with E-state index in [1.165, 1.54) is 0 Å². The third kappa shape index (κ3) is 2.50. The Morgan fingerprint density at radius 3 is 2.56 bits per heavy atom. The number of pyridine rings is 1. The zero-order valence-corrected chi connectivity index (χ0v) is 9.07. The fourth-order valence-corrected chi connectivity index (χ4v) is 1.41. The second-order valence-corrected chi connectivity index (χ2v) is 3.61. The van der Waals surface area contributed by atoms with Gasteiger partial charge in [-0.05, 0) is 36.4 Å². The van der Waals surface area contributed by atoms with Crippen molar-refractivity contribution in [1.82, 2.24) is 4.98 Å². The minimum Gasteiger partial charge on any atom is -0.340 e. The van der Waals surface area contributed by atoms with Crippen molar-refractivity contribution in [2.75, 3.05) is 5.32 Å². The van der Waals surface area contributed by atoms with E-state index in [0.717, 1.165) is 5.69 Å². The SMILES string of the molecule is N#Cc1ccc(Nc2cc(Cl)ccn2)cc1. The average Bonchev–Trinajstić information content (AvgIpc) is 2.30. The molecule has 0 saturated heterocycles. The van der Waals surface area contributed by atoms with Crippen molar-refractivity contribution in [3.63, 3.8) is 0 Å². The topological polar surface area (TPSA) is 48.7 Å². The molecule has 16 heavy (non-hydrogen) atoms. The molecule has 0 aliphatic carbocycles. The smallest absolute Gasteiger partial charge is 0.131 e. The normalized spacial score (nSPS) is 9.50. The van der Waals surface area contributed by atoms with Crippen molar-refractivity contribution in [1.29, 1.82) is 5.26 Å². The number of halogens is 1. The minimum atomic E-state index is 0.629. The molecule has 0 spiro atoms. The number of nitrogens with one attached hydrogen (secondary N) is 1. The van der Waals surface area contributed by atoms with Gasteiger partial charge in [0.15, 0.2) is 0 Å². The molecule has 1 heterocycles. The van der Waals surface area contributed by atoms with E-state index in [-0.39, 0.29) is 0 Å². The highest BCUT2D eigenvalue weighted by Crippen LogP contribution is 2.17. The molecule has 0 aliphatic heterocycles. The van der Waals surface area contributed by atoms with Gasteiger partial charge in [0.1, 0.15) is 5.82 Å². The maximum atomic E-state index is 8.65. The third-order valence-corrected chi connectivity index (χ3v) is 2.24. The second-order valence-electron chi connectivity index (χ2n) is 3.17. The highest BCUT2D eigenvalue weighted by molar-refractivity contribution is 6.30. The summed E-state index contributed by atoms with van der Waals surface area (Å²) >= 11 is 5.84. The lowest BCUT2D eigenvalue weighted by Crippen LogP contribution is -1.92. The van der Waals surface area contributed by atoms with Crippen LogP contribution in [0.4, 0.5) is 11.5 Å². The van der Waals surface area contributed by atoms with Gasteiger partial charge < -0.3 is 5.32 Å². The van der Waals surface area contributed by atoms with Gasteiger partial charge in [-0.15, -0.1) is 0 Å². The number of hydrogen-bond donors (Lipinski definition) is 1. The second kappa shape index (κ2) is 4.65. The van der Waals surface area contributed by atoms with Crippen LogP contribution in [0.3, 0.4) is 0 Å². The molecule has 0 aliphatic rings. The summed E-state index contributed by atoms with van der Waals surface area (Å²) in [4.78, 5) is 4.12. The molecule has 0 amide bonds. The van der Waals surface area contributed by atoms with E-state index in [1.54, 1.807) is 30.5 Å². The van der Waals surface area contributed by atoms with Crippen molar-refractivity contribution in [2.24, 2.45) is 0 Å². The first-order valence-corrected chi connectivity index (χ1v) is 5.04. The molecule has 0 atom stereocenters. The van der Waals surface area contributed by atoms with Gasteiger partial charge >= 0.3 is 0 Å². The molecule has 1 aromatic heterocycles. The Hall–Kier alpha value is -2.05. The number of anilines is 2. The van der Waals surface area contributed by atoms with Crippen molar-refractivity contribution in [3.05, 3.63) is 53.2 Å². The van der Waals surface area contributed by atoms with Gasteiger partial charge in [-0.3, -0.25) is 0 Å². The lowest BCUT2D eigenvalue weighted by Gasteiger charge is -2.05. The Bertz CT molecular complexity index is 529. The van der Waals surface area contributed by atoms with Crippen LogP contribution in [0, 0.1) is 11.3 Å². The molecule has 1 aromatic carbocycles. The number of rotatable bonds is 2. The Morgan fingerprint density at radius 2 is 1.94 bits per heavy atom. The Balaban J connectivity index is 2.18. The quantitative estimate of drug-likeness (QED) is 0.859. The Morgan fingerprint density at radius 1 is 1.19 bits per heavy atom. The minimum absolute atomic E-state index is 0.629. The number of benzene rings is 1. The molecule has 78 valence electrons. The van der Waals surface area contributed by atoms with Crippen LogP contribution in [0.2, 0.25) is 5.02 Å². The molecular weight excluding hydrogens is 222 g/mol. The molecule has 2 rings (SSSR count). The maximum Gasteiger partial charge on any atom is 0.131 e. The number of nitrogens with zero attached hydrogens (tertiary/aromatic N) is 2. The van der Waals surface area contributed by atoms with E-state index in [0.29, 0.717) is 16.4 Å². The molecule has 4 heteroatoms. The summed E-state index contributed by atoms with van der Waals surface area (Å²) in [6.07, 6.45) is 1.63. The standard InChI is InChI=1S/C12H8ClN3/c13-10-5-6-15-12(7-10)16-11-3-1-9(8-14)2-4-11/h1-7H,(H,15,16). The first-order valence-electron chi connectivity index (χ1n) is 4.67. The fourth-order valence-electron chi connectivity index (χ4n) is 1.25. The van der Waals surface area contributed by atoms with Crippen LogP contribution in [-0.4, -0.2) is 4.98 Å². The molecule has 0 fully saturated rings. The van der Waals surface area contributed by atoms with Crippen molar-refractivity contribution < 1.29 is 0 Å². The van der Waals surface area contributed by atoms with Crippen LogP contribution in [0.25, 0.3) is 0 Å². The van der Waals surface area contributed by atoms with E-state index < -0.39 is 0 Å². The lowest BCUT2D eigenvalue weighted by atomic mass is 10.2.